The lowest BCUT2D eigenvalue weighted by Crippen LogP contribution is -2.12. The summed E-state index contributed by atoms with van der Waals surface area (Å²) in [6, 6.07) is 0. The Morgan fingerprint density at radius 3 is 1.07 bits per heavy atom. The van der Waals surface area contributed by atoms with Crippen molar-refractivity contribution in [2.24, 2.45) is 0 Å². The van der Waals surface area contributed by atoms with E-state index < -0.39 is 23.9 Å². The fraction of sp³-hybridized carbons (Fsp3) is 0.429. The summed E-state index contributed by atoms with van der Waals surface area (Å²) in [5.74, 6) is -1.80. The molecule has 0 saturated heterocycles. The smallest absolute Gasteiger partial charge is 0.330 e. The molecule has 0 aromatic rings. The van der Waals surface area contributed by atoms with Gasteiger partial charge in [-0.25, -0.2) is 19.2 Å². The molecule has 0 rings (SSSR count). The molecule has 0 atom stereocenters. The van der Waals surface area contributed by atoms with Crippen LogP contribution in [0.1, 0.15) is 19.3 Å². The highest BCUT2D eigenvalue weighted by Crippen LogP contribution is 1.97. The fourth-order valence-corrected chi connectivity index (χ4v) is 1.47. The Bertz CT molecular complexity index is 469. The maximum atomic E-state index is 10.6. The summed E-state index contributed by atoms with van der Waals surface area (Å²) in [6.45, 7) is 14.6. The van der Waals surface area contributed by atoms with E-state index in [9.17, 15) is 19.2 Å². The average molecular weight is 426 g/mol. The van der Waals surface area contributed by atoms with Gasteiger partial charge in [-0.3, -0.25) is 0 Å². The summed E-state index contributed by atoms with van der Waals surface area (Å²) in [4.78, 5) is 42.3. The lowest BCUT2D eigenvalue weighted by atomic mass is 10.2. The van der Waals surface area contributed by atoms with E-state index in [1.807, 2.05) is 0 Å². The number of unbranched alkanes of at least 4 members (excludes halogenated alkanes) is 2. The number of esters is 4. The van der Waals surface area contributed by atoms with Gasteiger partial charge in [-0.05, 0) is 19.3 Å². The summed E-state index contributed by atoms with van der Waals surface area (Å²) in [5.41, 5.74) is 0. The van der Waals surface area contributed by atoms with Gasteiger partial charge in [-0.15, -0.1) is 0 Å². The third kappa shape index (κ3) is 22.8. The summed E-state index contributed by atoms with van der Waals surface area (Å²) in [7, 11) is 0. The van der Waals surface area contributed by atoms with Crippen LogP contribution >= 0.6 is 0 Å². The molecule has 0 N–H and O–H groups in total. The molecule has 0 saturated carbocycles. The van der Waals surface area contributed by atoms with Gasteiger partial charge in [-0.1, -0.05) is 26.3 Å². The van der Waals surface area contributed by atoms with Gasteiger partial charge in [-0.2, -0.15) is 0 Å². The highest BCUT2D eigenvalue weighted by atomic mass is 16.6. The first-order chi connectivity index (χ1) is 14.4. The molecule has 0 aromatic carbocycles. The topological polar surface area (TPSA) is 114 Å². The van der Waals surface area contributed by atoms with Gasteiger partial charge in [0.15, 0.2) is 0 Å². The molecule has 0 bridgehead atoms. The van der Waals surface area contributed by atoms with Gasteiger partial charge in [0.1, 0.15) is 13.2 Å². The second kappa shape index (κ2) is 22.1. The lowest BCUT2D eigenvalue weighted by molar-refractivity contribution is -0.141. The SMILES string of the molecule is C=CC(=O)OCCCCCOC(=O)C=C.C=CC(=O)OCCOCCOC(=O)C=C. The molecule has 9 heteroatoms. The maximum Gasteiger partial charge on any atom is 0.330 e. The molecule has 168 valence electrons. The Morgan fingerprint density at radius 2 is 0.767 bits per heavy atom. The zero-order valence-electron chi connectivity index (χ0n) is 17.2. The van der Waals surface area contributed by atoms with E-state index in [2.05, 4.69) is 35.8 Å². The number of carbonyl (C=O) groups is 4. The van der Waals surface area contributed by atoms with Crippen molar-refractivity contribution < 1.29 is 42.9 Å². The van der Waals surface area contributed by atoms with Gasteiger partial charge in [0, 0.05) is 24.3 Å². The molecule has 0 aliphatic rings. The van der Waals surface area contributed by atoms with Crippen molar-refractivity contribution in [1.82, 2.24) is 0 Å². The van der Waals surface area contributed by atoms with Crippen LogP contribution in [0.15, 0.2) is 50.6 Å². The monoisotopic (exact) mass is 426 g/mol. The molecular weight excluding hydrogens is 396 g/mol. The van der Waals surface area contributed by atoms with E-state index in [1.165, 1.54) is 0 Å². The largest absolute Gasteiger partial charge is 0.463 e. The summed E-state index contributed by atoms with van der Waals surface area (Å²) < 4.78 is 23.8. The first-order valence-electron chi connectivity index (χ1n) is 9.15. The van der Waals surface area contributed by atoms with Crippen molar-refractivity contribution in [1.29, 1.82) is 0 Å². The van der Waals surface area contributed by atoms with E-state index in [-0.39, 0.29) is 26.4 Å². The van der Waals surface area contributed by atoms with Crippen LogP contribution in [0.25, 0.3) is 0 Å². The second-order valence-corrected chi connectivity index (χ2v) is 5.16. The highest BCUT2D eigenvalue weighted by molar-refractivity contribution is 5.82. The zero-order valence-corrected chi connectivity index (χ0v) is 17.2. The Hall–Kier alpha value is -3.20. The first-order valence-corrected chi connectivity index (χ1v) is 9.15. The van der Waals surface area contributed by atoms with E-state index >= 15 is 0 Å². The van der Waals surface area contributed by atoms with Crippen LogP contribution in [-0.2, 0) is 42.9 Å². The Labute approximate surface area is 176 Å². The lowest BCUT2D eigenvalue weighted by Gasteiger charge is -2.04. The third-order valence-corrected chi connectivity index (χ3v) is 2.89. The number of hydrogen-bond acceptors (Lipinski definition) is 9. The predicted molar refractivity (Wildman–Crippen MR) is 109 cm³/mol. The summed E-state index contributed by atoms with van der Waals surface area (Å²) in [6.07, 6.45) is 6.76. The normalized spacial score (nSPS) is 9.07. The highest BCUT2D eigenvalue weighted by Gasteiger charge is 1.98. The molecular formula is C21H30O9. The van der Waals surface area contributed by atoms with Crippen molar-refractivity contribution >= 4 is 23.9 Å². The standard InChI is InChI=1S/C11H16O4.C10H14O5/c1-3-10(12)14-8-6-5-7-9-15-11(13)4-2;1-3-9(11)14-7-5-13-6-8-15-10(12)4-2/h3-4H,1-2,5-9H2;3-4H,1-2,5-8H2. The molecule has 0 fully saturated rings. The van der Waals surface area contributed by atoms with Gasteiger partial charge < -0.3 is 23.7 Å². The molecule has 0 aromatic heterocycles. The minimum atomic E-state index is -0.489. The molecule has 0 aliphatic heterocycles. The van der Waals surface area contributed by atoms with Crippen LogP contribution in [0.3, 0.4) is 0 Å². The van der Waals surface area contributed by atoms with Crippen LogP contribution in [0.5, 0.6) is 0 Å². The van der Waals surface area contributed by atoms with Gasteiger partial charge in [0.05, 0.1) is 26.4 Å². The van der Waals surface area contributed by atoms with Crippen LogP contribution < -0.4 is 0 Å². The minimum Gasteiger partial charge on any atom is -0.463 e. The maximum absolute atomic E-state index is 10.6. The predicted octanol–water partition coefficient (Wildman–Crippen LogP) is 2.08. The Kier molecular flexibility index (Phi) is 21.4. The average Bonchev–Trinajstić information content (AvgIpc) is 2.77. The van der Waals surface area contributed by atoms with Crippen molar-refractivity contribution in [3.05, 3.63) is 50.6 Å². The Balaban J connectivity index is 0. The van der Waals surface area contributed by atoms with Crippen LogP contribution in [0.2, 0.25) is 0 Å². The van der Waals surface area contributed by atoms with E-state index in [4.69, 9.17) is 14.2 Å². The number of ether oxygens (including phenoxy) is 5. The molecule has 0 spiro atoms. The van der Waals surface area contributed by atoms with Crippen LogP contribution in [-0.4, -0.2) is 63.5 Å². The molecule has 0 radical (unpaired) electrons. The van der Waals surface area contributed by atoms with Gasteiger partial charge in [0.2, 0.25) is 0 Å². The molecule has 0 amide bonds. The van der Waals surface area contributed by atoms with E-state index in [0.717, 1.165) is 43.6 Å². The first kappa shape index (κ1) is 29.0. The van der Waals surface area contributed by atoms with Crippen molar-refractivity contribution in [2.75, 3.05) is 39.6 Å². The van der Waals surface area contributed by atoms with Gasteiger partial charge >= 0.3 is 23.9 Å². The van der Waals surface area contributed by atoms with Crippen molar-refractivity contribution in [3.63, 3.8) is 0 Å². The molecule has 0 unspecified atom stereocenters. The molecule has 0 heterocycles. The summed E-state index contributed by atoms with van der Waals surface area (Å²) in [5, 5.41) is 0. The number of rotatable bonds is 16. The quantitative estimate of drug-likeness (QED) is 0.158. The number of carbonyl (C=O) groups excluding carboxylic acids is 4. The third-order valence-electron chi connectivity index (χ3n) is 2.89. The molecule has 0 aliphatic carbocycles. The van der Waals surface area contributed by atoms with Crippen molar-refractivity contribution in [3.8, 4) is 0 Å². The van der Waals surface area contributed by atoms with Gasteiger partial charge in [0.25, 0.3) is 0 Å². The minimum absolute atomic E-state index is 0.153. The fourth-order valence-electron chi connectivity index (χ4n) is 1.47. The second-order valence-electron chi connectivity index (χ2n) is 5.16. The summed E-state index contributed by atoms with van der Waals surface area (Å²) >= 11 is 0. The zero-order chi connectivity index (χ0) is 23.0. The van der Waals surface area contributed by atoms with E-state index in [1.54, 1.807) is 0 Å². The van der Waals surface area contributed by atoms with Crippen LogP contribution in [0.4, 0.5) is 0 Å². The Morgan fingerprint density at radius 1 is 0.467 bits per heavy atom. The molecule has 9 nitrogen and oxygen atoms in total. The van der Waals surface area contributed by atoms with Crippen molar-refractivity contribution in [2.45, 2.75) is 19.3 Å². The van der Waals surface area contributed by atoms with Crippen LogP contribution in [0, 0.1) is 0 Å². The molecule has 30 heavy (non-hydrogen) atoms. The number of hydrogen-bond donors (Lipinski definition) is 0. The van der Waals surface area contributed by atoms with E-state index in [0.29, 0.717) is 13.2 Å².